The molecule has 0 aromatic heterocycles. The zero-order valence-electron chi connectivity index (χ0n) is 6.57. The summed E-state index contributed by atoms with van der Waals surface area (Å²) in [4.78, 5) is 0. The molecule has 0 spiro atoms. The highest BCUT2D eigenvalue weighted by Gasteiger charge is 2.28. The summed E-state index contributed by atoms with van der Waals surface area (Å²) < 4.78 is 0. The summed E-state index contributed by atoms with van der Waals surface area (Å²) in [6, 6.07) is 7.29. The van der Waals surface area contributed by atoms with Crippen molar-refractivity contribution in [2.24, 2.45) is 0 Å². The van der Waals surface area contributed by atoms with Crippen molar-refractivity contribution < 1.29 is 10.2 Å². The van der Waals surface area contributed by atoms with E-state index in [1.165, 1.54) is 0 Å². The van der Waals surface area contributed by atoms with Crippen LogP contribution in [-0.2, 0) is 5.79 Å². The van der Waals surface area contributed by atoms with Gasteiger partial charge in [-0.3, -0.25) is 0 Å². The van der Waals surface area contributed by atoms with Crippen LogP contribution < -0.4 is 0 Å². The van der Waals surface area contributed by atoms with Crippen molar-refractivity contribution in [2.75, 3.05) is 0 Å². The van der Waals surface area contributed by atoms with E-state index in [0.717, 1.165) is 5.56 Å². The molecule has 0 bridgehead atoms. The van der Waals surface area contributed by atoms with Gasteiger partial charge in [0.2, 0.25) is 0 Å². The van der Waals surface area contributed by atoms with Gasteiger partial charge >= 0.3 is 0 Å². The number of hydrogen-bond acceptors (Lipinski definition) is 2. The van der Waals surface area contributed by atoms with Crippen molar-refractivity contribution in [3.63, 3.8) is 0 Å². The Kier molecular flexibility index (Phi) is 1.53. The highest BCUT2D eigenvalue weighted by molar-refractivity contribution is 5.57. The number of rotatable bonds is 0. The molecule has 0 amide bonds. The first-order valence-corrected chi connectivity index (χ1v) is 3.91. The van der Waals surface area contributed by atoms with E-state index < -0.39 is 5.79 Å². The lowest BCUT2D eigenvalue weighted by atomic mass is 9.92. The molecule has 0 fully saturated rings. The smallest absolute Gasteiger partial charge is 0.193 e. The third kappa shape index (κ3) is 1.05. The predicted octanol–water partition coefficient (Wildman–Crippen LogP) is 1.24. The van der Waals surface area contributed by atoms with Gasteiger partial charge in [0, 0.05) is 12.0 Å². The largest absolute Gasteiger partial charge is 0.362 e. The van der Waals surface area contributed by atoms with E-state index in [1.54, 1.807) is 18.2 Å². The molecule has 0 aliphatic heterocycles. The second kappa shape index (κ2) is 2.44. The fourth-order valence-corrected chi connectivity index (χ4v) is 1.47. The fourth-order valence-electron chi connectivity index (χ4n) is 1.47. The summed E-state index contributed by atoms with van der Waals surface area (Å²) >= 11 is 0. The minimum absolute atomic E-state index is 0.268. The minimum atomic E-state index is -1.68. The van der Waals surface area contributed by atoms with E-state index in [0.29, 0.717) is 5.56 Å². The van der Waals surface area contributed by atoms with Crippen molar-refractivity contribution in [1.29, 1.82) is 0 Å². The van der Waals surface area contributed by atoms with Crippen LogP contribution in [0, 0.1) is 0 Å². The molecule has 2 rings (SSSR count). The molecule has 2 nitrogen and oxygen atoms in total. The van der Waals surface area contributed by atoms with E-state index >= 15 is 0 Å². The Morgan fingerprint density at radius 2 is 1.92 bits per heavy atom. The molecule has 0 atom stereocenters. The van der Waals surface area contributed by atoms with Crippen molar-refractivity contribution in [3.8, 4) is 0 Å². The first kappa shape index (κ1) is 7.53. The van der Waals surface area contributed by atoms with Crippen LogP contribution >= 0.6 is 0 Å². The summed E-state index contributed by atoms with van der Waals surface area (Å²) in [7, 11) is 0. The molecular weight excluding hydrogens is 152 g/mol. The zero-order chi connectivity index (χ0) is 8.60. The molecule has 1 aromatic carbocycles. The molecule has 0 unspecified atom stereocenters. The monoisotopic (exact) mass is 162 g/mol. The molecule has 0 saturated carbocycles. The van der Waals surface area contributed by atoms with Crippen LogP contribution in [0.15, 0.2) is 30.3 Å². The lowest BCUT2D eigenvalue weighted by Crippen LogP contribution is -2.26. The van der Waals surface area contributed by atoms with Crippen LogP contribution in [0.1, 0.15) is 17.5 Å². The number of fused-ring (bicyclic) bond motifs is 1. The Morgan fingerprint density at radius 1 is 1.17 bits per heavy atom. The van der Waals surface area contributed by atoms with Crippen LogP contribution in [0.25, 0.3) is 6.08 Å². The third-order valence-electron chi connectivity index (χ3n) is 2.09. The fraction of sp³-hybridized carbons (Fsp3) is 0.200. The van der Waals surface area contributed by atoms with Gasteiger partial charge in [-0.25, -0.2) is 0 Å². The molecule has 0 heterocycles. The van der Waals surface area contributed by atoms with E-state index in [9.17, 15) is 10.2 Å². The minimum Gasteiger partial charge on any atom is -0.362 e. The number of hydrogen-bond donors (Lipinski definition) is 2. The Labute approximate surface area is 70.8 Å². The molecule has 0 radical (unpaired) electrons. The van der Waals surface area contributed by atoms with Crippen LogP contribution in [0.4, 0.5) is 0 Å². The van der Waals surface area contributed by atoms with E-state index in [1.807, 2.05) is 18.2 Å². The van der Waals surface area contributed by atoms with Gasteiger partial charge in [0.15, 0.2) is 5.79 Å². The molecule has 2 heteroatoms. The van der Waals surface area contributed by atoms with Crippen molar-refractivity contribution >= 4 is 6.08 Å². The molecule has 2 N–H and O–H groups in total. The molecule has 12 heavy (non-hydrogen) atoms. The van der Waals surface area contributed by atoms with Crippen LogP contribution in [0.3, 0.4) is 0 Å². The molecule has 1 aromatic rings. The summed E-state index contributed by atoms with van der Waals surface area (Å²) in [6.07, 6.45) is 3.94. The Balaban J connectivity index is 2.60. The first-order valence-electron chi connectivity index (χ1n) is 3.91. The molecular formula is C10H10O2. The summed E-state index contributed by atoms with van der Waals surface area (Å²) in [5.41, 5.74) is 1.47. The average molecular weight is 162 g/mol. The SMILES string of the molecule is OC1(O)CC=Cc2ccccc21. The normalized spacial score (nSPS) is 18.8. The van der Waals surface area contributed by atoms with Gasteiger partial charge in [0.05, 0.1) is 0 Å². The maximum Gasteiger partial charge on any atom is 0.193 e. The van der Waals surface area contributed by atoms with Crippen LogP contribution in [-0.4, -0.2) is 10.2 Å². The lowest BCUT2D eigenvalue weighted by molar-refractivity contribution is -0.166. The standard InChI is InChI=1S/C10H10O2/c11-10(12)7-3-5-8-4-1-2-6-9(8)10/h1-6,11-12H,7H2. The van der Waals surface area contributed by atoms with E-state index in [-0.39, 0.29) is 6.42 Å². The van der Waals surface area contributed by atoms with Gasteiger partial charge in [0.25, 0.3) is 0 Å². The average Bonchev–Trinajstić information content (AvgIpc) is 2.04. The van der Waals surface area contributed by atoms with Gasteiger partial charge in [-0.1, -0.05) is 36.4 Å². The van der Waals surface area contributed by atoms with Gasteiger partial charge in [-0.2, -0.15) is 0 Å². The highest BCUT2D eigenvalue weighted by Crippen LogP contribution is 2.30. The van der Waals surface area contributed by atoms with E-state index in [2.05, 4.69) is 0 Å². The summed E-state index contributed by atoms with van der Waals surface area (Å²) in [5.74, 6) is -1.68. The number of benzene rings is 1. The maximum absolute atomic E-state index is 9.53. The number of aliphatic hydroxyl groups is 2. The van der Waals surface area contributed by atoms with Crippen molar-refractivity contribution in [1.82, 2.24) is 0 Å². The highest BCUT2D eigenvalue weighted by atomic mass is 16.5. The summed E-state index contributed by atoms with van der Waals surface area (Å²) in [6.45, 7) is 0. The Bertz CT molecular complexity index is 326. The van der Waals surface area contributed by atoms with Gasteiger partial charge < -0.3 is 10.2 Å². The molecule has 1 aliphatic carbocycles. The molecule has 0 saturated heterocycles. The third-order valence-corrected chi connectivity index (χ3v) is 2.09. The van der Waals surface area contributed by atoms with Crippen molar-refractivity contribution in [3.05, 3.63) is 41.5 Å². The van der Waals surface area contributed by atoms with Crippen molar-refractivity contribution in [2.45, 2.75) is 12.2 Å². The molecule has 62 valence electrons. The van der Waals surface area contributed by atoms with Crippen LogP contribution in [0.2, 0.25) is 0 Å². The predicted molar refractivity (Wildman–Crippen MR) is 46.2 cm³/mol. The van der Waals surface area contributed by atoms with Gasteiger partial charge in [0.1, 0.15) is 0 Å². The zero-order valence-corrected chi connectivity index (χ0v) is 6.57. The molecule has 1 aliphatic rings. The Morgan fingerprint density at radius 3 is 2.67 bits per heavy atom. The van der Waals surface area contributed by atoms with E-state index in [4.69, 9.17) is 0 Å². The first-order chi connectivity index (χ1) is 5.70. The second-order valence-corrected chi connectivity index (χ2v) is 3.01. The van der Waals surface area contributed by atoms with Crippen LogP contribution in [0.5, 0.6) is 0 Å². The lowest BCUT2D eigenvalue weighted by Gasteiger charge is -2.25. The van der Waals surface area contributed by atoms with Gasteiger partial charge in [-0.05, 0) is 5.56 Å². The maximum atomic E-state index is 9.53. The van der Waals surface area contributed by atoms with Gasteiger partial charge in [-0.15, -0.1) is 0 Å². The summed E-state index contributed by atoms with van der Waals surface area (Å²) in [5, 5.41) is 19.1. The second-order valence-electron chi connectivity index (χ2n) is 3.01. The Hall–Kier alpha value is -1.12. The quantitative estimate of drug-likeness (QED) is 0.563. The topological polar surface area (TPSA) is 40.5 Å².